The smallest absolute Gasteiger partial charge is 0.202 e. The number of benzene rings is 2. The van der Waals surface area contributed by atoms with Gasteiger partial charge in [-0.2, -0.15) is 4.37 Å². The number of fused-ring (bicyclic) bond motifs is 1. The normalized spacial score (nSPS) is 10.9. The quantitative estimate of drug-likeness (QED) is 0.719. The molecule has 1 heterocycles. The van der Waals surface area contributed by atoms with E-state index < -0.39 is 0 Å². The number of hydrogen-bond donors (Lipinski definition) is 1. The molecule has 0 aliphatic rings. The van der Waals surface area contributed by atoms with Gasteiger partial charge >= 0.3 is 0 Å². The molecule has 1 N–H and O–H groups in total. The number of methoxy groups -OCH3 is 2. The lowest BCUT2D eigenvalue weighted by Crippen LogP contribution is -2.00. The molecule has 0 amide bonds. The van der Waals surface area contributed by atoms with Crippen LogP contribution in [0.25, 0.3) is 10.8 Å². The number of nitrogens with zero attached hydrogens (tertiary/aromatic N) is 2. The van der Waals surface area contributed by atoms with Gasteiger partial charge in [0.1, 0.15) is 11.6 Å². The third kappa shape index (κ3) is 3.97. The van der Waals surface area contributed by atoms with Crippen molar-refractivity contribution in [2.24, 2.45) is 0 Å². The molecule has 0 unspecified atom stereocenters. The average Bonchev–Trinajstić information content (AvgIpc) is 3.05. The van der Waals surface area contributed by atoms with Crippen LogP contribution in [0.3, 0.4) is 0 Å². The summed E-state index contributed by atoms with van der Waals surface area (Å²) >= 11 is 1.38. The van der Waals surface area contributed by atoms with Gasteiger partial charge in [0.05, 0.1) is 13.7 Å². The monoisotopic (exact) mass is 329 g/mol. The van der Waals surface area contributed by atoms with Crippen LogP contribution in [-0.4, -0.2) is 30.2 Å². The van der Waals surface area contributed by atoms with Gasteiger partial charge in [-0.05, 0) is 34.5 Å². The molecule has 0 aliphatic carbocycles. The Morgan fingerprint density at radius 3 is 2.74 bits per heavy atom. The Morgan fingerprint density at radius 1 is 1.09 bits per heavy atom. The lowest BCUT2D eigenvalue weighted by molar-refractivity contribution is 0.201. The highest BCUT2D eigenvalue weighted by Gasteiger charge is 2.04. The Hall–Kier alpha value is -2.18. The van der Waals surface area contributed by atoms with E-state index in [1.54, 1.807) is 14.2 Å². The number of ether oxygens (including phenoxy) is 2. The van der Waals surface area contributed by atoms with Crippen LogP contribution in [0.1, 0.15) is 11.4 Å². The molecule has 120 valence electrons. The Kier molecular flexibility index (Phi) is 5.05. The second kappa shape index (κ2) is 7.39. The molecular formula is C17H19N3O2S. The van der Waals surface area contributed by atoms with E-state index >= 15 is 0 Å². The summed E-state index contributed by atoms with van der Waals surface area (Å²) in [5, 5.41) is 6.53. The molecule has 2 aromatic carbocycles. The minimum Gasteiger partial charge on any atom is -0.497 e. The first-order valence-corrected chi connectivity index (χ1v) is 8.18. The molecule has 3 aromatic rings. The zero-order valence-electron chi connectivity index (χ0n) is 13.2. The van der Waals surface area contributed by atoms with E-state index in [0.717, 1.165) is 29.7 Å². The molecule has 0 atom stereocenters. The van der Waals surface area contributed by atoms with Gasteiger partial charge in [-0.15, -0.1) is 0 Å². The van der Waals surface area contributed by atoms with Gasteiger partial charge < -0.3 is 14.8 Å². The van der Waals surface area contributed by atoms with E-state index in [1.807, 2.05) is 12.1 Å². The number of aromatic nitrogens is 2. The first-order chi connectivity index (χ1) is 11.3. The number of anilines is 1. The minimum atomic E-state index is 0.643. The summed E-state index contributed by atoms with van der Waals surface area (Å²) in [6.45, 7) is 1.37. The highest BCUT2D eigenvalue weighted by Crippen LogP contribution is 2.22. The van der Waals surface area contributed by atoms with Crippen LogP contribution in [0.2, 0.25) is 0 Å². The molecule has 23 heavy (non-hydrogen) atoms. The fraction of sp³-hybridized carbons (Fsp3) is 0.294. The first kappa shape index (κ1) is 15.7. The lowest BCUT2D eigenvalue weighted by Gasteiger charge is -2.06. The molecule has 1 aromatic heterocycles. The highest BCUT2D eigenvalue weighted by atomic mass is 32.1. The summed E-state index contributed by atoms with van der Waals surface area (Å²) < 4.78 is 14.6. The van der Waals surface area contributed by atoms with Crippen molar-refractivity contribution >= 4 is 27.4 Å². The number of hydrogen-bond acceptors (Lipinski definition) is 6. The first-order valence-electron chi connectivity index (χ1n) is 7.40. The Morgan fingerprint density at radius 2 is 1.91 bits per heavy atom. The zero-order chi connectivity index (χ0) is 16.1. The van der Waals surface area contributed by atoms with E-state index in [-0.39, 0.29) is 0 Å². The maximum absolute atomic E-state index is 5.25. The summed E-state index contributed by atoms with van der Waals surface area (Å²) in [6.07, 6.45) is 0.743. The topological polar surface area (TPSA) is 56.3 Å². The van der Waals surface area contributed by atoms with Gasteiger partial charge in [-0.25, -0.2) is 4.98 Å². The van der Waals surface area contributed by atoms with Crippen molar-refractivity contribution in [1.82, 2.24) is 9.36 Å². The van der Waals surface area contributed by atoms with Crippen LogP contribution in [0.5, 0.6) is 5.75 Å². The van der Waals surface area contributed by atoms with Crippen molar-refractivity contribution in [2.75, 3.05) is 26.1 Å². The van der Waals surface area contributed by atoms with E-state index in [1.165, 1.54) is 27.9 Å². The molecule has 0 saturated carbocycles. The van der Waals surface area contributed by atoms with Crippen molar-refractivity contribution in [3.63, 3.8) is 0 Å². The SMILES string of the molecule is COCCc1nsc(NCc2ccc3cc(OC)ccc3c2)n1. The maximum Gasteiger partial charge on any atom is 0.202 e. The third-order valence-electron chi connectivity index (χ3n) is 3.55. The average molecular weight is 329 g/mol. The summed E-state index contributed by atoms with van der Waals surface area (Å²) in [6, 6.07) is 12.5. The zero-order valence-corrected chi connectivity index (χ0v) is 14.0. The van der Waals surface area contributed by atoms with E-state index in [2.05, 4.69) is 38.9 Å². The van der Waals surface area contributed by atoms with Crippen LogP contribution in [0, 0.1) is 0 Å². The fourth-order valence-electron chi connectivity index (χ4n) is 2.31. The van der Waals surface area contributed by atoms with Gasteiger partial charge in [0.15, 0.2) is 0 Å². The number of rotatable bonds is 7. The van der Waals surface area contributed by atoms with Crippen LogP contribution in [-0.2, 0) is 17.7 Å². The van der Waals surface area contributed by atoms with Crippen molar-refractivity contribution in [3.05, 3.63) is 47.8 Å². The summed E-state index contributed by atoms with van der Waals surface area (Å²) in [5.41, 5.74) is 1.20. The third-order valence-corrected chi connectivity index (χ3v) is 4.26. The molecule has 0 saturated heterocycles. The molecule has 0 spiro atoms. The van der Waals surface area contributed by atoms with Crippen molar-refractivity contribution in [2.45, 2.75) is 13.0 Å². The minimum absolute atomic E-state index is 0.643. The molecular weight excluding hydrogens is 310 g/mol. The lowest BCUT2D eigenvalue weighted by atomic mass is 10.1. The van der Waals surface area contributed by atoms with Gasteiger partial charge in [0.25, 0.3) is 0 Å². The molecule has 0 fully saturated rings. The van der Waals surface area contributed by atoms with Crippen LogP contribution in [0.15, 0.2) is 36.4 Å². The Labute approximate surface area is 139 Å². The predicted octanol–water partition coefficient (Wildman–Crippen LogP) is 3.50. The molecule has 5 nitrogen and oxygen atoms in total. The molecule has 0 bridgehead atoms. The number of nitrogens with one attached hydrogen (secondary N) is 1. The Balaban J connectivity index is 1.65. The molecule has 3 rings (SSSR count). The summed E-state index contributed by atoms with van der Waals surface area (Å²) in [7, 11) is 3.36. The van der Waals surface area contributed by atoms with Crippen molar-refractivity contribution in [3.8, 4) is 5.75 Å². The summed E-state index contributed by atoms with van der Waals surface area (Å²) in [5.74, 6) is 1.70. The van der Waals surface area contributed by atoms with Crippen LogP contribution < -0.4 is 10.1 Å². The molecule has 0 radical (unpaired) electrons. The maximum atomic E-state index is 5.25. The predicted molar refractivity (Wildman–Crippen MR) is 93.3 cm³/mol. The van der Waals surface area contributed by atoms with E-state index in [9.17, 15) is 0 Å². The largest absolute Gasteiger partial charge is 0.497 e. The van der Waals surface area contributed by atoms with Crippen molar-refractivity contribution < 1.29 is 9.47 Å². The second-order valence-corrected chi connectivity index (χ2v) is 5.91. The molecule has 0 aliphatic heterocycles. The Bertz CT molecular complexity index is 788. The van der Waals surface area contributed by atoms with E-state index in [4.69, 9.17) is 9.47 Å². The van der Waals surface area contributed by atoms with Crippen molar-refractivity contribution in [1.29, 1.82) is 0 Å². The standard InChI is InChI=1S/C17H19N3O2S/c1-21-8-7-16-19-17(23-20-16)18-11-12-3-4-14-10-15(22-2)6-5-13(14)9-12/h3-6,9-10H,7-8,11H2,1-2H3,(H,18,19,20). The van der Waals surface area contributed by atoms with E-state index in [0.29, 0.717) is 6.61 Å². The van der Waals surface area contributed by atoms with Gasteiger partial charge in [0, 0.05) is 31.6 Å². The fourth-order valence-corrected chi connectivity index (χ4v) is 2.92. The highest BCUT2D eigenvalue weighted by molar-refractivity contribution is 7.09. The van der Waals surface area contributed by atoms with Gasteiger partial charge in [-0.1, -0.05) is 18.2 Å². The molecule has 6 heteroatoms. The second-order valence-electron chi connectivity index (χ2n) is 5.16. The van der Waals surface area contributed by atoms with Crippen LogP contribution >= 0.6 is 11.5 Å². The van der Waals surface area contributed by atoms with Gasteiger partial charge in [-0.3, -0.25) is 0 Å². The van der Waals surface area contributed by atoms with Gasteiger partial charge in [0.2, 0.25) is 5.13 Å². The summed E-state index contributed by atoms with van der Waals surface area (Å²) in [4.78, 5) is 4.45. The van der Waals surface area contributed by atoms with Crippen LogP contribution in [0.4, 0.5) is 5.13 Å².